The number of rotatable bonds is 1. The molecule has 0 fully saturated rings. The summed E-state index contributed by atoms with van der Waals surface area (Å²) in [7, 11) is 1.67. The molecule has 0 bridgehead atoms. The average Bonchev–Trinajstić information content (AvgIpc) is 2.41. The van der Waals surface area contributed by atoms with Gasteiger partial charge in [0.1, 0.15) is 5.75 Å². The van der Waals surface area contributed by atoms with Crippen LogP contribution in [0.1, 0.15) is 29.3 Å². The van der Waals surface area contributed by atoms with E-state index in [1.54, 1.807) is 7.11 Å². The molecule has 2 nitrogen and oxygen atoms in total. The van der Waals surface area contributed by atoms with Crippen LogP contribution in [0.5, 0.6) is 5.75 Å². The lowest BCUT2D eigenvalue weighted by Crippen LogP contribution is -2.20. The zero-order chi connectivity index (χ0) is 12.7. The first-order valence-corrected chi connectivity index (χ1v) is 6.34. The molecule has 2 aromatic carbocycles. The zero-order valence-corrected chi connectivity index (χ0v) is 10.7. The van der Waals surface area contributed by atoms with E-state index >= 15 is 0 Å². The number of ether oxygens (including phenoxy) is 1. The van der Waals surface area contributed by atoms with Crippen molar-refractivity contribution >= 4 is 16.6 Å². The SMILES string of the molecule is COc1ccc2c3c(ccc2c1)C(=O)C(C)CC3. The number of benzene rings is 2. The Balaban J connectivity index is 2.24. The molecule has 1 atom stereocenters. The van der Waals surface area contributed by atoms with Gasteiger partial charge in [0.05, 0.1) is 7.11 Å². The van der Waals surface area contributed by atoms with E-state index in [1.165, 1.54) is 10.9 Å². The van der Waals surface area contributed by atoms with Crippen LogP contribution in [-0.2, 0) is 6.42 Å². The fourth-order valence-corrected chi connectivity index (χ4v) is 2.76. The highest BCUT2D eigenvalue weighted by molar-refractivity contribution is 6.05. The maximum Gasteiger partial charge on any atom is 0.165 e. The minimum atomic E-state index is 0.160. The number of carbonyl (C=O) groups is 1. The number of fused-ring (bicyclic) bond motifs is 3. The highest BCUT2D eigenvalue weighted by Crippen LogP contribution is 2.32. The number of Topliss-reactive ketones (excluding diaryl/α,β-unsaturated/α-hetero) is 1. The summed E-state index contributed by atoms with van der Waals surface area (Å²) in [5.74, 6) is 1.31. The molecule has 0 heterocycles. The summed E-state index contributed by atoms with van der Waals surface area (Å²) >= 11 is 0. The lowest BCUT2D eigenvalue weighted by molar-refractivity contribution is 0.0914. The van der Waals surface area contributed by atoms with Crippen molar-refractivity contribution in [3.63, 3.8) is 0 Å². The Morgan fingerprint density at radius 1 is 1.22 bits per heavy atom. The second-order valence-electron chi connectivity index (χ2n) is 4.98. The van der Waals surface area contributed by atoms with Crippen molar-refractivity contribution in [2.75, 3.05) is 7.11 Å². The summed E-state index contributed by atoms with van der Waals surface area (Å²) in [5, 5.41) is 2.34. The van der Waals surface area contributed by atoms with E-state index in [-0.39, 0.29) is 11.7 Å². The Morgan fingerprint density at radius 2 is 2.06 bits per heavy atom. The summed E-state index contributed by atoms with van der Waals surface area (Å²) in [6, 6.07) is 10.0. The molecule has 0 saturated carbocycles. The van der Waals surface area contributed by atoms with Crippen LogP contribution in [0.15, 0.2) is 30.3 Å². The lowest BCUT2D eigenvalue weighted by Gasteiger charge is -2.21. The van der Waals surface area contributed by atoms with E-state index in [2.05, 4.69) is 6.07 Å². The molecular weight excluding hydrogens is 224 g/mol. The number of carbonyl (C=O) groups excluding carboxylic acids is 1. The monoisotopic (exact) mass is 240 g/mol. The molecule has 18 heavy (non-hydrogen) atoms. The van der Waals surface area contributed by atoms with Crippen LogP contribution < -0.4 is 4.74 Å². The molecule has 0 aliphatic heterocycles. The van der Waals surface area contributed by atoms with E-state index in [9.17, 15) is 4.79 Å². The van der Waals surface area contributed by atoms with E-state index in [0.717, 1.165) is 29.5 Å². The average molecular weight is 240 g/mol. The lowest BCUT2D eigenvalue weighted by atomic mass is 9.81. The molecule has 0 spiro atoms. The van der Waals surface area contributed by atoms with Crippen molar-refractivity contribution in [3.8, 4) is 5.75 Å². The Labute approximate surface area is 107 Å². The largest absolute Gasteiger partial charge is 0.497 e. The quantitative estimate of drug-likeness (QED) is 0.761. The molecule has 3 rings (SSSR count). The molecule has 0 N–H and O–H groups in total. The van der Waals surface area contributed by atoms with Crippen LogP contribution in [0.25, 0.3) is 10.8 Å². The Hall–Kier alpha value is -1.83. The van der Waals surface area contributed by atoms with E-state index in [4.69, 9.17) is 4.74 Å². The second-order valence-corrected chi connectivity index (χ2v) is 4.98. The maximum atomic E-state index is 12.2. The minimum absolute atomic E-state index is 0.160. The van der Waals surface area contributed by atoms with Crippen LogP contribution in [0.3, 0.4) is 0 Å². The van der Waals surface area contributed by atoms with Gasteiger partial charge in [-0.1, -0.05) is 25.1 Å². The standard InChI is InChI=1S/C16H16O2/c1-10-3-6-14-13-8-5-12(18-2)9-11(13)4-7-15(14)16(10)17/h4-5,7-10H,3,6H2,1-2H3. The van der Waals surface area contributed by atoms with Crippen molar-refractivity contribution in [2.24, 2.45) is 5.92 Å². The van der Waals surface area contributed by atoms with Gasteiger partial charge >= 0.3 is 0 Å². The predicted octanol–water partition coefficient (Wildman–Crippen LogP) is 3.61. The van der Waals surface area contributed by atoms with Gasteiger partial charge in [-0.05, 0) is 41.3 Å². The third kappa shape index (κ3) is 1.60. The normalized spacial score (nSPS) is 18.8. The molecule has 1 aliphatic carbocycles. The third-order valence-corrected chi connectivity index (χ3v) is 3.88. The van der Waals surface area contributed by atoms with Crippen molar-refractivity contribution < 1.29 is 9.53 Å². The van der Waals surface area contributed by atoms with Crippen LogP contribution in [0.4, 0.5) is 0 Å². The summed E-state index contributed by atoms with van der Waals surface area (Å²) in [4.78, 5) is 12.2. The van der Waals surface area contributed by atoms with Crippen molar-refractivity contribution in [1.29, 1.82) is 0 Å². The highest BCUT2D eigenvalue weighted by atomic mass is 16.5. The molecule has 1 aliphatic rings. The number of aryl methyl sites for hydroxylation is 1. The fraction of sp³-hybridized carbons (Fsp3) is 0.312. The van der Waals surface area contributed by atoms with E-state index < -0.39 is 0 Å². The van der Waals surface area contributed by atoms with Crippen molar-refractivity contribution in [1.82, 2.24) is 0 Å². The molecule has 92 valence electrons. The summed E-state index contributed by atoms with van der Waals surface area (Å²) < 4.78 is 5.24. The van der Waals surface area contributed by atoms with Gasteiger partial charge < -0.3 is 4.74 Å². The van der Waals surface area contributed by atoms with Gasteiger partial charge in [0.2, 0.25) is 0 Å². The first-order chi connectivity index (χ1) is 8.70. The minimum Gasteiger partial charge on any atom is -0.497 e. The number of hydrogen-bond donors (Lipinski definition) is 0. The molecule has 2 aromatic rings. The van der Waals surface area contributed by atoms with Crippen LogP contribution in [0.2, 0.25) is 0 Å². The molecule has 0 saturated heterocycles. The molecule has 0 aromatic heterocycles. The number of ketones is 1. The van der Waals surface area contributed by atoms with Crippen molar-refractivity contribution in [3.05, 3.63) is 41.5 Å². The van der Waals surface area contributed by atoms with Gasteiger partial charge in [-0.15, -0.1) is 0 Å². The van der Waals surface area contributed by atoms with Crippen LogP contribution in [0, 0.1) is 5.92 Å². The highest BCUT2D eigenvalue weighted by Gasteiger charge is 2.24. The van der Waals surface area contributed by atoms with Gasteiger partial charge in [0.25, 0.3) is 0 Å². The van der Waals surface area contributed by atoms with Gasteiger partial charge in [0.15, 0.2) is 5.78 Å². The van der Waals surface area contributed by atoms with E-state index in [0.29, 0.717) is 0 Å². The van der Waals surface area contributed by atoms with Gasteiger partial charge in [-0.2, -0.15) is 0 Å². The van der Waals surface area contributed by atoms with Gasteiger partial charge in [0, 0.05) is 11.5 Å². The van der Waals surface area contributed by atoms with Crippen LogP contribution >= 0.6 is 0 Å². The second kappa shape index (κ2) is 4.13. The van der Waals surface area contributed by atoms with Gasteiger partial charge in [-0.3, -0.25) is 4.79 Å². The van der Waals surface area contributed by atoms with Crippen molar-refractivity contribution in [2.45, 2.75) is 19.8 Å². The van der Waals surface area contributed by atoms with E-state index in [1.807, 2.05) is 31.2 Å². The first kappa shape index (κ1) is 11.3. The molecular formula is C16H16O2. The molecule has 1 unspecified atom stereocenters. The Kier molecular flexibility index (Phi) is 2.58. The predicted molar refractivity (Wildman–Crippen MR) is 72.3 cm³/mol. The summed E-state index contributed by atoms with van der Waals surface area (Å²) in [6.07, 6.45) is 1.95. The smallest absolute Gasteiger partial charge is 0.165 e. The molecule has 0 radical (unpaired) electrons. The molecule has 0 amide bonds. The zero-order valence-electron chi connectivity index (χ0n) is 10.7. The summed E-state index contributed by atoms with van der Waals surface area (Å²) in [5.41, 5.74) is 2.12. The Morgan fingerprint density at radius 3 is 2.83 bits per heavy atom. The third-order valence-electron chi connectivity index (χ3n) is 3.88. The number of hydrogen-bond acceptors (Lipinski definition) is 2. The summed E-state index contributed by atoms with van der Waals surface area (Å²) in [6.45, 7) is 2.02. The molecule has 2 heteroatoms. The Bertz CT molecular complexity index is 628. The maximum absolute atomic E-state index is 12.2. The van der Waals surface area contributed by atoms with Crippen LogP contribution in [-0.4, -0.2) is 12.9 Å². The number of methoxy groups -OCH3 is 1. The fourth-order valence-electron chi connectivity index (χ4n) is 2.76. The topological polar surface area (TPSA) is 26.3 Å². The first-order valence-electron chi connectivity index (χ1n) is 6.34. The van der Waals surface area contributed by atoms with Gasteiger partial charge in [-0.25, -0.2) is 0 Å².